The van der Waals surface area contributed by atoms with Gasteiger partial charge in [-0.15, -0.1) is 0 Å². The van der Waals surface area contributed by atoms with E-state index < -0.39 is 0 Å². The molecule has 0 fully saturated rings. The first-order valence-corrected chi connectivity index (χ1v) is 9.30. The van der Waals surface area contributed by atoms with Gasteiger partial charge in [0.1, 0.15) is 0 Å². The van der Waals surface area contributed by atoms with Crippen LogP contribution >= 0.6 is 15.9 Å². The normalized spacial score (nSPS) is 10.4. The molecule has 4 nitrogen and oxygen atoms in total. The van der Waals surface area contributed by atoms with Crippen molar-refractivity contribution in [3.8, 4) is 0 Å². The van der Waals surface area contributed by atoms with Crippen LogP contribution < -0.4 is 5.32 Å². The predicted molar refractivity (Wildman–Crippen MR) is 105 cm³/mol. The van der Waals surface area contributed by atoms with Crippen molar-refractivity contribution in [3.63, 3.8) is 0 Å². The van der Waals surface area contributed by atoms with Crippen LogP contribution in [0.25, 0.3) is 0 Å². The topological polar surface area (TPSA) is 49.4 Å². The van der Waals surface area contributed by atoms with Crippen LogP contribution in [0.4, 0.5) is 5.69 Å². The average Bonchev–Trinajstić information content (AvgIpc) is 2.62. The van der Waals surface area contributed by atoms with Crippen molar-refractivity contribution in [2.45, 2.75) is 26.7 Å². The van der Waals surface area contributed by atoms with Gasteiger partial charge < -0.3 is 10.2 Å². The van der Waals surface area contributed by atoms with Crippen molar-refractivity contribution in [1.82, 2.24) is 4.90 Å². The molecule has 0 aromatic heterocycles. The lowest BCUT2D eigenvalue weighted by Crippen LogP contribution is -2.31. The Hall–Kier alpha value is -2.14. The van der Waals surface area contributed by atoms with Gasteiger partial charge in [0.15, 0.2) is 0 Å². The Bertz CT molecular complexity index is 746. The van der Waals surface area contributed by atoms with Gasteiger partial charge >= 0.3 is 0 Å². The number of carbonyl (C=O) groups is 2. The van der Waals surface area contributed by atoms with Crippen molar-refractivity contribution >= 4 is 33.4 Å². The van der Waals surface area contributed by atoms with E-state index in [4.69, 9.17) is 0 Å². The van der Waals surface area contributed by atoms with E-state index in [1.807, 2.05) is 24.0 Å². The molecule has 25 heavy (non-hydrogen) atoms. The lowest BCUT2D eigenvalue weighted by atomic mass is 10.1. The highest BCUT2D eigenvalue weighted by atomic mass is 79.9. The summed E-state index contributed by atoms with van der Waals surface area (Å²) in [7, 11) is 0. The van der Waals surface area contributed by atoms with E-state index >= 15 is 0 Å². The number of nitrogens with one attached hydrogen (secondary N) is 1. The molecule has 0 aliphatic heterocycles. The van der Waals surface area contributed by atoms with Crippen molar-refractivity contribution in [2.24, 2.45) is 0 Å². The van der Waals surface area contributed by atoms with Gasteiger partial charge in [0, 0.05) is 34.4 Å². The molecule has 2 rings (SSSR count). The van der Waals surface area contributed by atoms with Gasteiger partial charge in [-0.25, -0.2) is 0 Å². The molecular formula is C20H23BrN2O2. The molecule has 132 valence electrons. The minimum atomic E-state index is -0.204. The Morgan fingerprint density at radius 2 is 1.76 bits per heavy atom. The smallest absolute Gasteiger partial charge is 0.255 e. The lowest BCUT2D eigenvalue weighted by Gasteiger charge is -2.21. The maximum absolute atomic E-state index is 12.6. The molecule has 0 saturated carbocycles. The van der Waals surface area contributed by atoms with E-state index in [1.54, 1.807) is 36.4 Å². The molecule has 0 bridgehead atoms. The second kappa shape index (κ2) is 9.37. The molecule has 5 heteroatoms. The third-order valence-corrected chi connectivity index (χ3v) is 4.40. The van der Waals surface area contributed by atoms with E-state index in [9.17, 15) is 9.59 Å². The third-order valence-electron chi connectivity index (χ3n) is 3.90. The number of benzene rings is 2. The van der Waals surface area contributed by atoms with Gasteiger partial charge in [0.2, 0.25) is 0 Å². The molecule has 0 heterocycles. The molecule has 2 aromatic rings. The number of nitrogens with zero attached hydrogens (tertiary/aromatic N) is 1. The Balaban J connectivity index is 2.12. The van der Waals surface area contributed by atoms with Crippen molar-refractivity contribution < 1.29 is 9.59 Å². The highest BCUT2D eigenvalue weighted by Gasteiger charge is 2.14. The van der Waals surface area contributed by atoms with Gasteiger partial charge in [-0.3, -0.25) is 9.59 Å². The Labute approximate surface area is 157 Å². The number of anilines is 1. The number of rotatable bonds is 7. The van der Waals surface area contributed by atoms with Crippen LogP contribution in [0.2, 0.25) is 0 Å². The zero-order valence-electron chi connectivity index (χ0n) is 14.6. The molecule has 2 aromatic carbocycles. The summed E-state index contributed by atoms with van der Waals surface area (Å²) in [5.41, 5.74) is 1.76. The number of hydrogen-bond acceptors (Lipinski definition) is 2. The first-order chi connectivity index (χ1) is 12.0. The second-order valence-electron chi connectivity index (χ2n) is 5.78. The molecule has 0 spiro atoms. The largest absolute Gasteiger partial charge is 0.339 e. The first kappa shape index (κ1) is 19.2. The van der Waals surface area contributed by atoms with Crippen LogP contribution in [0.5, 0.6) is 0 Å². The standard InChI is InChI=1S/C20H23BrN2O2/c1-3-5-12-23(4-2)20(25)16-9-7-11-18(14-16)22-19(24)15-8-6-10-17(21)13-15/h6-11,13-14H,3-5,12H2,1-2H3,(H,22,24). The van der Waals surface area contributed by atoms with Gasteiger partial charge in [-0.05, 0) is 49.7 Å². The number of carbonyl (C=O) groups excluding carboxylic acids is 2. The molecule has 0 aliphatic carbocycles. The van der Waals surface area contributed by atoms with E-state index in [0.717, 1.165) is 23.9 Å². The molecule has 0 unspecified atom stereocenters. The second-order valence-corrected chi connectivity index (χ2v) is 6.70. The van der Waals surface area contributed by atoms with E-state index in [-0.39, 0.29) is 11.8 Å². The Morgan fingerprint density at radius 1 is 1.04 bits per heavy atom. The molecule has 0 radical (unpaired) electrons. The summed E-state index contributed by atoms with van der Waals surface area (Å²) in [6.07, 6.45) is 2.03. The summed E-state index contributed by atoms with van der Waals surface area (Å²) in [5.74, 6) is -0.210. The lowest BCUT2D eigenvalue weighted by molar-refractivity contribution is 0.0762. The fraction of sp³-hybridized carbons (Fsp3) is 0.300. The maximum Gasteiger partial charge on any atom is 0.255 e. The van der Waals surface area contributed by atoms with Crippen LogP contribution in [0, 0.1) is 0 Å². The number of halogens is 1. The van der Waals surface area contributed by atoms with Crippen LogP contribution in [0.15, 0.2) is 53.0 Å². The number of unbranched alkanes of at least 4 members (excludes halogenated alkanes) is 1. The maximum atomic E-state index is 12.6. The van der Waals surface area contributed by atoms with Gasteiger partial charge in [0.25, 0.3) is 11.8 Å². The predicted octanol–water partition coefficient (Wildman–Crippen LogP) is 4.96. The van der Waals surface area contributed by atoms with Crippen molar-refractivity contribution in [1.29, 1.82) is 0 Å². The Kier molecular flexibility index (Phi) is 7.19. The average molecular weight is 403 g/mol. The molecule has 1 N–H and O–H groups in total. The minimum absolute atomic E-state index is 0.00509. The summed E-state index contributed by atoms with van der Waals surface area (Å²) in [5, 5.41) is 2.85. The van der Waals surface area contributed by atoms with Gasteiger partial charge in [0.05, 0.1) is 0 Å². The highest BCUT2D eigenvalue weighted by Crippen LogP contribution is 2.16. The summed E-state index contributed by atoms with van der Waals surface area (Å²) < 4.78 is 0.846. The molecule has 0 aliphatic rings. The monoisotopic (exact) mass is 402 g/mol. The molecule has 2 amide bonds. The molecular weight excluding hydrogens is 380 g/mol. The molecule has 0 saturated heterocycles. The zero-order chi connectivity index (χ0) is 18.2. The third kappa shape index (κ3) is 5.43. The summed E-state index contributed by atoms with van der Waals surface area (Å²) >= 11 is 3.36. The summed E-state index contributed by atoms with van der Waals surface area (Å²) in [4.78, 5) is 26.8. The zero-order valence-corrected chi connectivity index (χ0v) is 16.2. The van der Waals surface area contributed by atoms with E-state index in [0.29, 0.717) is 23.4 Å². The van der Waals surface area contributed by atoms with Crippen LogP contribution in [-0.4, -0.2) is 29.8 Å². The van der Waals surface area contributed by atoms with E-state index in [1.165, 1.54) is 0 Å². The summed E-state index contributed by atoms with van der Waals surface area (Å²) in [6, 6.07) is 14.3. The fourth-order valence-corrected chi connectivity index (χ4v) is 2.90. The first-order valence-electron chi connectivity index (χ1n) is 8.51. The SMILES string of the molecule is CCCCN(CC)C(=O)c1cccc(NC(=O)c2cccc(Br)c2)c1. The quantitative estimate of drug-likeness (QED) is 0.710. The number of hydrogen-bond donors (Lipinski definition) is 1. The Morgan fingerprint density at radius 3 is 2.44 bits per heavy atom. The van der Waals surface area contributed by atoms with Crippen LogP contribution in [0.1, 0.15) is 47.4 Å². The molecule has 0 atom stereocenters. The van der Waals surface area contributed by atoms with Crippen LogP contribution in [-0.2, 0) is 0 Å². The van der Waals surface area contributed by atoms with Gasteiger partial charge in [-0.2, -0.15) is 0 Å². The minimum Gasteiger partial charge on any atom is -0.339 e. The van der Waals surface area contributed by atoms with Crippen molar-refractivity contribution in [2.75, 3.05) is 18.4 Å². The van der Waals surface area contributed by atoms with Gasteiger partial charge in [-0.1, -0.05) is 41.4 Å². The van der Waals surface area contributed by atoms with Crippen molar-refractivity contribution in [3.05, 3.63) is 64.1 Å². The summed E-state index contributed by atoms with van der Waals surface area (Å²) in [6.45, 7) is 5.51. The highest BCUT2D eigenvalue weighted by molar-refractivity contribution is 9.10. The fourth-order valence-electron chi connectivity index (χ4n) is 2.50. The van der Waals surface area contributed by atoms with E-state index in [2.05, 4.69) is 28.2 Å². The van der Waals surface area contributed by atoms with Crippen LogP contribution in [0.3, 0.4) is 0 Å². The number of amides is 2.